The Kier molecular flexibility index (Phi) is 2.89. The largest absolute Gasteiger partial charge is 0.267 e. The van der Waals surface area contributed by atoms with Crippen LogP contribution in [0.15, 0.2) is 18.3 Å². The van der Waals surface area contributed by atoms with E-state index in [2.05, 4.69) is 9.71 Å². The molecule has 0 radical (unpaired) electrons. The van der Waals surface area contributed by atoms with Crippen molar-refractivity contribution >= 4 is 15.8 Å². The Labute approximate surface area is 103 Å². The molecule has 0 atom stereocenters. The third kappa shape index (κ3) is 2.77. The van der Waals surface area contributed by atoms with Gasteiger partial charge in [0.05, 0.1) is 5.25 Å². The van der Waals surface area contributed by atoms with E-state index in [-0.39, 0.29) is 10.7 Å². The van der Waals surface area contributed by atoms with E-state index >= 15 is 0 Å². The minimum Gasteiger partial charge on any atom is -0.267 e. The lowest BCUT2D eigenvalue weighted by molar-refractivity contribution is 0.587. The molecule has 0 amide bonds. The van der Waals surface area contributed by atoms with Crippen molar-refractivity contribution in [3.63, 3.8) is 0 Å². The monoisotopic (exact) mass is 254 g/mol. The van der Waals surface area contributed by atoms with Crippen LogP contribution in [0.4, 0.5) is 5.82 Å². The van der Waals surface area contributed by atoms with Gasteiger partial charge >= 0.3 is 0 Å². The molecule has 1 aliphatic rings. The molecule has 17 heavy (non-hydrogen) atoms. The molecule has 0 bridgehead atoms. The van der Waals surface area contributed by atoms with Crippen LogP contribution in [0.25, 0.3) is 0 Å². The van der Waals surface area contributed by atoms with Crippen LogP contribution in [0.3, 0.4) is 0 Å². The topological polar surface area (TPSA) is 59.1 Å². The van der Waals surface area contributed by atoms with Crippen molar-refractivity contribution in [3.05, 3.63) is 23.9 Å². The molecule has 2 rings (SSSR count). The molecule has 1 aliphatic carbocycles. The summed E-state index contributed by atoms with van der Waals surface area (Å²) < 4.78 is 26.4. The Balaban J connectivity index is 2.33. The van der Waals surface area contributed by atoms with Crippen molar-refractivity contribution in [1.82, 2.24) is 4.98 Å². The summed E-state index contributed by atoms with van der Waals surface area (Å²) in [5.41, 5.74) is 0.791. The van der Waals surface area contributed by atoms with Crippen LogP contribution >= 0.6 is 0 Å². The van der Waals surface area contributed by atoms with E-state index in [4.69, 9.17) is 0 Å². The summed E-state index contributed by atoms with van der Waals surface area (Å²) in [6.07, 6.45) is 3.13. The summed E-state index contributed by atoms with van der Waals surface area (Å²) in [6, 6.07) is 3.74. The summed E-state index contributed by atoms with van der Waals surface area (Å²) in [5, 5.41) is -0.225. The Morgan fingerprint density at radius 1 is 1.35 bits per heavy atom. The fraction of sp³-hybridized carbons (Fsp3) is 0.583. The van der Waals surface area contributed by atoms with Gasteiger partial charge in [0.2, 0.25) is 10.0 Å². The average molecular weight is 254 g/mol. The second-order valence-corrected chi connectivity index (χ2v) is 7.46. The second kappa shape index (κ2) is 3.98. The van der Waals surface area contributed by atoms with Crippen molar-refractivity contribution in [2.75, 3.05) is 4.72 Å². The molecular weight excluding hydrogens is 236 g/mol. The summed E-state index contributed by atoms with van der Waals surface area (Å²) in [7, 11) is -3.24. The standard InChI is InChI=1S/C12H18N2O2S/c1-12(2,3)10-5-4-8-13-11(10)14-17(15,16)9-6-7-9/h4-5,8-9H,6-7H2,1-3H3,(H,13,14). The number of aromatic nitrogens is 1. The second-order valence-electron chi connectivity index (χ2n) is 5.50. The molecule has 1 saturated carbocycles. The highest BCUT2D eigenvalue weighted by atomic mass is 32.2. The first kappa shape index (κ1) is 12.4. The van der Waals surface area contributed by atoms with Gasteiger partial charge in [0.25, 0.3) is 0 Å². The van der Waals surface area contributed by atoms with Crippen LogP contribution in [-0.4, -0.2) is 18.7 Å². The molecule has 4 nitrogen and oxygen atoms in total. The highest BCUT2D eigenvalue weighted by molar-refractivity contribution is 7.93. The average Bonchev–Trinajstić information content (AvgIpc) is 2.99. The maximum atomic E-state index is 11.9. The molecule has 0 aliphatic heterocycles. The molecule has 0 unspecified atom stereocenters. The zero-order chi connectivity index (χ0) is 12.7. The van der Waals surface area contributed by atoms with E-state index in [1.165, 1.54) is 0 Å². The number of anilines is 1. The van der Waals surface area contributed by atoms with Gasteiger partial charge in [-0.2, -0.15) is 0 Å². The molecule has 5 heteroatoms. The number of sulfonamides is 1. The number of pyridine rings is 1. The number of rotatable bonds is 3. The summed E-state index contributed by atoms with van der Waals surface area (Å²) >= 11 is 0. The van der Waals surface area contributed by atoms with Crippen molar-refractivity contribution in [2.45, 2.75) is 44.3 Å². The fourth-order valence-electron chi connectivity index (χ4n) is 1.69. The van der Waals surface area contributed by atoms with Gasteiger partial charge < -0.3 is 0 Å². The first-order valence-electron chi connectivity index (χ1n) is 5.78. The van der Waals surface area contributed by atoms with E-state index in [9.17, 15) is 8.42 Å². The van der Waals surface area contributed by atoms with E-state index < -0.39 is 10.0 Å². The van der Waals surface area contributed by atoms with Crippen LogP contribution in [0, 0.1) is 0 Å². The zero-order valence-corrected chi connectivity index (χ0v) is 11.2. The van der Waals surface area contributed by atoms with E-state index in [1.54, 1.807) is 6.20 Å². The van der Waals surface area contributed by atoms with Gasteiger partial charge in [0.15, 0.2) is 0 Å². The van der Waals surface area contributed by atoms with Gasteiger partial charge in [-0.3, -0.25) is 4.72 Å². The van der Waals surface area contributed by atoms with Crippen LogP contribution < -0.4 is 4.72 Å². The molecule has 1 aromatic rings. The predicted molar refractivity (Wildman–Crippen MR) is 68.5 cm³/mol. The van der Waals surface area contributed by atoms with Crippen LogP contribution in [-0.2, 0) is 15.4 Å². The fourth-order valence-corrected chi connectivity index (χ4v) is 3.04. The molecule has 1 aromatic heterocycles. The lowest BCUT2D eigenvalue weighted by atomic mass is 9.87. The third-order valence-electron chi connectivity index (χ3n) is 2.82. The Bertz CT molecular complexity index is 514. The summed E-state index contributed by atoms with van der Waals surface area (Å²) in [6.45, 7) is 6.12. The lowest BCUT2D eigenvalue weighted by Crippen LogP contribution is -2.22. The van der Waals surface area contributed by atoms with Crippen molar-refractivity contribution in [3.8, 4) is 0 Å². The molecule has 1 N–H and O–H groups in total. The molecule has 0 aromatic carbocycles. The van der Waals surface area contributed by atoms with E-state index in [1.807, 2.05) is 32.9 Å². The van der Waals surface area contributed by atoms with Gasteiger partial charge in [0, 0.05) is 11.8 Å². The normalized spacial score (nSPS) is 16.9. The van der Waals surface area contributed by atoms with Crippen molar-refractivity contribution < 1.29 is 8.42 Å². The quantitative estimate of drug-likeness (QED) is 0.900. The van der Waals surface area contributed by atoms with Gasteiger partial charge in [-0.1, -0.05) is 26.8 Å². The maximum Gasteiger partial charge on any atom is 0.236 e. The molecule has 0 saturated heterocycles. The van der Waals surface area contributed by atoms with Crippen LogP contribution in [0.5, 0.6) is 0 Å². The van der Waals surface area contributed by atoms with Crippen LogP contribution in [0.1, 0.15) is 39.2 Å². The van der Waals surface area contributed by atoms with Gasteiger partial charge in [0.1, 0.15) is 5.82 Å². The number of hydrogen-bond acceptors (Lipinski definition) is 3. The third-order valence-corrected chi connectivity index (χ3v) is 4.64. The van der Waals surface area contributed by atoms with Crippen molar-refractivity contribution in [1.29, 1.82) is 0 Å². The molecule has 0 spiro atoms. The van der Waals surface area contributed by atoms with E-state index in [0.717, 1.165) is 18.4 Å². The van der Waals surface area contributed by atoms with Gasteiger partial charge in [-0.15, -0.1) is 0 Å². The molecular formula is C12H18N2O2S. The number of nitrogens with one attached hydrogen (secondary N) is 1. The predicted octanol–water partition coefficient (Wildman–Crippen LogP) is 2.28. The zero-order valence-electron chi connectivity index (χ0n) is 10.4. The van der Waals surface area contributed by atoms with Crippen molar-refractivity contribution in [2.24, 2.45) is 0 Å². The Hall–Kier alpha value is -1.10. The van der Waals surface area contributed by atoms with Gasteiger partial charge in [-0.05, 0) is 24.3 Å². The van der Waals surface area contributed by atoms with E-state index in [0.29, 0.717) is 5.82 Å². The minimum absolute atomic E-state index is 0.129. The minimum atomic E-state index is -3.24. The number of nitrogens with zero attached hydrogens (tertiary/aromatic N) is 1. The number of hydrogen-bond donors (Lipinski definition) is 1. The lowest BCUT2D eigenvalue weighted by Gasteiger charge is -2.22. The highest BCUT2D eigenvalue weighted by Crippen LogP contribution is 2.32. The molecule has 94 valence electrons. The summed E-state index contributed by atoms with van der Waals surface area (Å²) in [4.78, 5) is 4.15. The Morgan fingerprint density at radius 3 is 2.53 bits per heavy atom. The summed E-state index contributed by atoms with van der Waals surface area (Å²) in [5.74, 6) is 0.465. The molecule has 1 heterocycles. The highest BCUT2D eigenvalue weighted by Gasteiger charge is 2.36. The van der Waals surface area contributed by atoms with Crippen LogP contribution in [0.2, 0.25) is 0 Å². The smallest absolute Gasteiger partial charge is 0.236 e. The maximum absolute atomic E-state index is 11.9. The van der Waals surface area contributed by atoms with Gasteiger partial charge in [-0.25, -0.2) is 13.4 Å². The Morgan fingerprint density at radius 2 is 2.00 bits per heavy atom. The first-order chi connectivity index (χ1) is 7.81. The molecule has 1 fully saturated rings. The SMILES string of the molecule is CC(C)(C)c1cccnc1NS(=O)(=O)C1CC1. The first-order valence-corrected chi connectivity index (χ1v) is 7.32.